The van der Waals surface area contributed by atoms with Gasteiger partial charge in [-0.1, -0.05) is 37.1 Å². The van der Waals surface area contributed by atoms with Crippen molar-refractivity contribution in [1.29, 1.82) is 0 Å². The number of pyridine rings is 1. The average molecular weight is 400 g/mol. The number of amides is 1. The van der Waals surface area contributed by atoms with E-state index in [1.165, 1.54) is 4.31 Å². The van der Waals surface area contributed by atoms with Gasteiger partial charge in [0.2, 0.25) is 15.9 Å². The molecule has 1 N–H and O–H groups in total. The number of carbonyl (C=O) groups is 1. The molecule has 3 unspecified atom stereocenters. The molecule has 148 valence electrons. The van der Waals surface area contributed by atoms with Crippen molar-refractivity contribution in [2.45, 2.75) is 55.6 Å². The van der Waals surface area contributed by atoms with Gasteiger partial charge >= 0.3 is 0 Å². The second-order valence-electron chi connectivity index (χ2n) is 7.55. The van der Waals surface area contributed by atoms with Gasteiger partial charge in [0, 0.05) is 12.2 Å². The van der Waals surface area contributed by atoms with E-state index in [1.807, 2.05) is 18.2 Å². The van der Waals surface area contributed by atoms with E-state index >= 15 is 0 Å². The summed E-state index contributed by atoms with van der Waals surface area (Å²) in [6.07, 6.45) is 6.17. The summed E-state index contributed by atoms with van der Waals surface area (Å²) in [6.45, 7) is 0.296. The first-order valence-corrected chi connectivity index (χ1v) is 11.3. The number of nitrogens with zero attached hydrogens (tertiary/aromatic N) is 2. The summed E-state index contributed by atoms with van der Waals surface area (Å²) in [5.41, 5.74) is 0.753. The van der Waals surface area contributed by atoms with E-state index in [4.69, 9.17) is 0 Å². The Morgan fingerprint density at radius 1 is 1.07 bits per heavy atom. The number of nitrogens with one attached hydrogen (secondary N) is 1. The molecule has 1 aliphatic carbocycles. The van der Waals surface area contributed by atoms with E-state index in [0.29, 0.717) is 13.0 Å². The fourth-order valence-corrected chi connectivity index (χ4v) is 6.40. The van der Waals surface area contributed by atoms with E-state index in [9.17, 15) is 13.2 Å². The molecule has 0 spiro atoms. The van der Waals surface area contributed by atoms with Gasteiger partial charge < -0.3 is 5.32 Å². The number of carbonyl (C=O) groups excluding carboxylic acids is 1. The van der Waals surface area contributed by atoms with Crippen LogP contribution in [0.5, 0.6) is 0 Å². The summed E-state index contributed by atoms with van der Waals surface area (Å²) >= 11 is 0. The smallest absolute Gasteiger partial charge is 0.244 e. The Hall–Kier alpha value is -2.25. The van der Waals surface area contributed by atoms with Crippen LogP contribution >= 0.6 is 0 Å². The maximum atomic E-state index is 13.4. The van der Waals surface area contributed by atoms with Crippen molar-refractivity contribution in [3.05, 3.63) is 60.4 Å². The lowest BCUT2D eigenvalue weighted by atomic mass is 9.85. The third-order valence-electron chi connectivity index (χ3n) is 5.82. The van der Waals surface area contributed by atoms with Crippen LogP contribution < -0.4 is 5.32 Å². The zero-order chi connectivity index (χ0) is 19.6. The highest BCUT2D eigenvalue weighted by Crippen LogP contribution is 2.42. The summed E-state index contributed by atoms with van der Waals surface area (Å²) in [5, 5.41) is 2.90. The van der Waals surface area contributed by atoms with Gasteiger partial charge in [0.05, 0.1) is 17.1 Å². The zero-order valence-corrected chi connectivity index (χ0v) is 16.5. The zero-order valence-electron chi connectivity index (χ0n) is 15.7. The molecule has 0 bridgehead atoms. The molecular formula is C21H25N3O3S. The van der Waals surface area contributed by atoms with Crippen LogP contribution in [0.15, 0.2) is 59.6 Å². The number of rotatable bonds is 5. The van der Waals surface area contributed by atoms with Gasteiger partial charge in [0.1, 0.15) is 6.04 Å². The largest absolute Gasteiger partial charge is 0.349 e. The summed E-state index contributed by atoms with van der Waals surface area (Å²) in [7, 11) is -3.73. The molecule has 3 atom stereocenters. The molecule has 2 aliphatic rings. The quantitative estimate of drug-likeness (QED) is 0.838. The molecule has 1 aromatic heterocycles. The van der Waals surface area contributed by atoms with Crippen LogP contribution in [-0.2, 0) is 21.4 Å². The third-order valence-corrected chi connectivity index (χ3v) is 7.77. The van der Waals surface area contributed by atoms with Crippen molar-refractivity contribution in [2.75, 3.05) is 0 Å². The van der Waals surface area contributed by atoms with Crippen molar-refractivity contribution in [1.82, 2.24) is 14.6 Å². The molecule has 7 heteroatoms. The Morgan fingerprint density at radius 3 is 2.57 bits per heavy atom. The Bertz CT molecular complexity index is 918. The fourth-order valence-electron chi connectivity index (χ4n) is 4.50. The lowest BCUT2D eigenvalue weighted by molar-refractivity contribution is -0.124. The summed E-state index contributed by atoms with van der Waals surface area (Å²) in [4.78, 5) is 17.5. The summed E-state index contributed by atoms with van der Waals surface area (Å²) in [5.74, 6) is 0.0115. The van der Waals surface area contributed by atoms with Crippen LogP contribution in [0.3, 0.4) is 0 Å². The fraction of sp³-hybridized carbons (Fsp3) is 0.429. The number of fused-ring (bicyclic) bond motifs is 1. The lowest BCUT2D eigenvalue weighted by Crippen LogP contribution is -2.49. The molecule has 4 rings (SSSR count). The molecule has 1 aromatic carbocycles. The van der Waals surface area contributed by atoms with Crippen LogP contribution in [0.2, 0.25) is 0 Å². The first kappa shape index (κ1) is 19.1. The second-order valence-corrected chi connectivity index (χ2v) is 9.39. The number of benzene rings is 1. The minimum Gasteiger partial charge on any atom is -0.349 e. The summed E-state index contributed by atoms with van der Waals surface area (Å²) in [6, 6.07) is 13.2. The molecule has 1 aliphatic heterocycles. The van der Waals surface area contributed by atoms with Crippen molar-refractivity contribution in [2.24, 2.45) is 5.92 Å². The van der Waals surface area contributed by atoms with E-state index in [1.54, 1.807) is 36.5 Å². The molecule has 2 heterocycles. The first-order valence-electron chi connectivity index (χ1n) is 9.83. The predicted octanol–water partition coefficient (Wildman–Crippen LogP) is 2.72. The number of hydrogen-bond acceptors (Lipinski definition) is 4. The van der Waals surface area contributed by atoms with E-state index in [-0.39, 0.29) is 22.8 Å². The second kappa shape index (κ2) is 8.01. The molecule has 0 radical (unpaired) electrons. The van der Waals surface area contributed by atoms with Crippen LogP contribution in [-0.4, -0.2) is 35.7 Å². The molecular weight excluding hydrogens is 374 g/mol. The van der Waals surface area contributed by atoms with E-state index < -0.39 is 16.1 Å². The highest BCUT2D eigenvalue weighted by atomic mass is 32.2. The molecule has 2 fully saturated rings. The van der Waals surface area contributed by atoms with Crippen molar-refractivity contribution < 1.29 is 13.2 Å². The maximum absolute atomic E-state index is 13.4. The number of hydrogen-bond donors (Lipinski definition) is 1. The monoisotopic (exact) mass is 399 g/mol. The molecule has 1 amide bonds. The molecule has 2 aromatic rings. The SMILES string of the molecule is O=C(NCc1ccccn1)C1CC2CCCCC2N1S(=O)(=O)c1ccccc1. The van der Waals surface area contributed by atoms with Gasteiger partial charge in [0.25, 0.3) is 0 Å². The Balaban J connectivity index is 1.60. The number of aromatic nitrogens is 1. The van der Waals surface area contributed by atoms with Crippen LogP contribution in [0, 0.1) is 5.92 Å². The Kier molecular flexibility index (Phi) is 5.46. The van der Waals surface area contributed by atoms with Gasteiger partial charge in [-0.3, -0.25) is 9.78 Å². The standard InChI is InChI=1S/C21H25N3O3S/c25-21(23-15-17-9-6-7-13-22-17)20-14-16-8-4-5-12-19(16)24(20)28(26,27)18-10-2-1-3-11-18/h1-3,6-7,9-11,13,16,19-20H,4-5,8,12,14-15H2,(H,23,25). The molecule has 28 heavy (non-hydrogen) atoms. The minimum atomic E-state index is -3.73. The molecule has 1 saturated heterocycles. The van der Waals surface area contributed by atoms with E-state index in [2.05, 4.69) is 10.3 Å². The van der Waals surface area contributed by atoms with Gasteiger partial charge in [0.15, 0.2) is 0 Å². The summed E-state index contributed by atoms with van der Waals surface area (Å²) < 4.78 is 28.3. The Morgan fingerprint density at radius 2 is 1.82 bits per heavy atom. The van der Waals surface area contributed by atoms with Gasteiger partial charge in [-0.2, -0.15) is 4.31 Å². The normalized spacial score (nSPS) is 25.2. The number of sulfonamides is 1. The van der Waals surface area contributed by atoms with Gasteiger partial charge in [-0.25, -0.2) is 8.42 Å². The van der Waals surface area contributed by atoms with Crippen LogP contribution in [0.25, 0.3) is 0 Å². The van der Waals surface area contributed by atoms with Crippen LogP contribution in [0.1, 0.15) is 37.8 Å². The van der Waals surface area contributed by atoms with Gasteiger partial charge in [-0.15, -0.1) is 0 Å². The first-order chi connectivity index (χ1) is 13.6. The topological polar surface area (TPSA) is 79.4 Å². The van der Waals surface area contributed by atoms with Crippen molar-refractivity contribution in [3.63, 3.8) is 0 Å². The lowest BCUT2D eigenvalue weighted by Gasteiger charge is -2.32. The Labute approximate surface area is 166 Å². The highest BCUT2D eigenvalue weighted by molar-refractivity contribution is 7.89. The van der Waals surface area contributed by atoms with Crippen molar-refractivity contribution >= 4 is 15.9 Å². The predicted molar refractivity (Wildman–Crippen MR) is 106 cm³/mol. The third kappa shape index (κ3) is 3.69. The highest BCUT2D eigenvalue weighted by Gasteiger charge is 2.50. The van der Waals surface area contributed by atoms with Gasteiger partial charge in [-0.05, 0) is 49.4 Å². The average Bonchev–Trinajstić information content (AvgIpc) is 3.14. The van der Waals surface area contributed by atoms with E-state index in [0.717, 1.165) is 31.4 Å². The van der Waals surface area contributed by atoms with Crippen molar-refractivity contribution in [3.8, 4) is 0 Å². The maximum Gasteiger partial charge on any atom is 0.244 e. The van der Waals surface area contributed by atoms with Crippen LogP contribution in [0.4, 0.5) is 0 Å². The minimum absolute atomic E-state index is 0.0930. The molecule has 1 saturated carbocycles. The molecule has 6 nitrogen and oxygen atoms in total.